The zero-order valence-corrected chi connectivity index (χ0v) is 17.7. The van der Waals surface area contributed by atoms with Gasteiger partial charge in [0, 0.05) is 24.2 Å². The number of methoxy groups -OCH3 is 1. The molecule has 2 amide bonds. The van der Waals surface area contributed by atoms with Gasteiger partial charge < -0.3 is 19.7 Å². The molecule has 1 unspecified atom stereocenters. The SMILES string of the molecule is COc1ccccc1/C=C1\OC2C=CC(C(=O)NCCN3CCCCC3)=CC2=NC1=O. The van der Waals surface area contributed by atoms with Gasteiger partial charge in [-0.25, -0.2) is 4.99 Å². The van der Waals surface area contributed by atoms with Crippen molar-refractivity contribution < 1.29 is 19.1 Å². The first kappa shape index (κ1) is 21.1. The highest BCUT2D eigenvalue weighted by molar-refractivity contribution is 6.16. The fourth-order valence-electron chi connectivity index (χ4n) is 3.91. The minimum atomic E-state index is -0.497. The van der Waals surface area contributed by atoms with Crippen LogP contribution in [0.1, 0.15) is 24.8 Å². The maximum Gasteiger partial charge on any atom is 0.312 e. The van der Waals surface area contributed by atoms with E-state index in [2.05, 4.69) is 15.2 Å². The number of rotatable bonds is 6. The van der Waals surface area contributed by atoms with Crippen molar-refractivity contribution in [1.29, 1.82) is 0 Å². The summed E-state index contributed by atoms with van der Waals surface area (Å²) in [4.78, 5) is 31.5. The Kier molecular flexibility index (Phi) is 6.62. The first-order valence-electron chi connectivity index (χ1n) is 10.7. The molecule has 31 heavy (non-hydrogen) atoms. The van der Waals surface area contributed by atoms with E-state index >= 15 is 0 Å². The van der Waals surface area contributed by atoms with E-state index in [0.717, 1.165) is 25.2 Å². The largest absolute Gasteiger partial charge is 0.496 e. The Hall–Kier alpha value is -3.19. The monoisotopic (exact) mass is 421 g/mol. The molecule has 162 valence electrons. The van der Waals surface area contributed by atoms with E-state index in [1.165, 1.54) is 19.3 Å². The molecule has 4 rings (SSSR count). The number of ether oxygens (including phenoxy) is 2. The van der Waals surface area contributed by atoms with Gasteiger partial charge in [0.2, 0.25) is 0 Å². The summed E-state index contributed by atoms with van der Waals surface area (Å²) in [7, 11) is 1.57. The highest BCUT2D eigenvalue weighted by Gasteiger charge is 2.29. The standard InChI is InChI=1S/C24H27N3O4/c1-30-20-8-4-3-7-17(20)16-22-24(29)26-19-15-18(9-10-21(19)31-22)23(28)25-11-14-27-12-5-2-6-13-27/h3-4,7-10,15-16,21H,2,5-6,11-14H2,1H3,(H,25,28)/b22-16-. The van der Waals surface area contributed by atoms with Gasteiger partial charge in [0.1, 0.15) is 5.75 Å². The number of likely N-dealkylation sites (tertiary alicyclic amines) is 1. The van der Waals surface area contributed by atoms with Crippen molar-refractivity contribution in [3.05, 3.63) is 59.4 Å². The van der Waals surface area contributed by atoms with Crippen molar-refractivity contribution >= 4 is 23.6 Å². The average Bonchev–Trinajstić information content (AvgIpc) is 2.80. The van der Waals surface area contributed by atoms with Gasteiger partial charge in [-0.2, -0.15) is 0 Å². The van der Waals surface area contributed by atoms with Crippen LogP contribution in [0.15, 0.2) is 58.8 Å². The number of piperidine rings is 1. The van der Waals surface area contributed by atoms with Gasteiger partial charge in [-0.05, 0) is 56.3 Å². The molecule has 2 heterocycles. The zero-order valence-electron chi connectivity index (χ0n) is 17.7. The van der Waals surface area contributed by atoms with E-state index in [1.54, 1.807) is 31.4 Å². The van der Waals surface area contributed by atoms with Crippen LogP contribution in [0, 0.1) is 0 Å². The quantitative estimate of drug-likeness (QED) is 0.714. The number of hydrogen-bond donors (Lipinski definition) is 1. The highest BCUT2D eigenvalue weighted by atomic mass is 16.5. The first-order valence-corrected chi connectivity index (χ1v) is 10.7. The molecule has 0 aromatic heterocycles. The first-order chi connectivity index (χ1) is 15.1. The molecule has 0 spiro atoms. The van der Waals surface area contributed by atoms with E-state index in [1.807, 2.05) is 24.3 Å². The third-order valence-electron chi connectivity index (χ3n) is 5.59. The maximum atomic E-state index is 12.5. The van der Waals surface area contributed by atoms with Crippen LogP contribution in [0.3, 0.4) is 0 Å². The summed E-state index contributed by atoms with van der Waals surface area (Å²) < 4.78 is 11.2. The molecule has 0 bridgehead atoms. The minimum Gasteiger partial charge on any atom is -0.496 e. The number of fused-ring (bicyclic) bond motifs is 1. The predicted molar refractivity (Wildman–Crippen MR) is 119 cm³/mol. The molecule has 7 heteroatoms. The fourth-order valence-corrected chi connectivity index (χ4v) is 3.91. The van der Waals surface area contributed by atoms with Gasteiger partial charge in [0.05, 0.1) is 12.8 Å². The number of aliphatic imine (C=N–C) groups is 1. The highest BCUT2D eigenvalue weighted by Crippen LogP contribution is 2.25. The molecule has 1 aromatic carbocycles. The topological polar surface area (TPSA) is 80.2 Å². The molecule has 0 radical (unpaired) electrons. The molecule has 1 aromatic rings. The molecule has 0 saturated carbocycles. The summed E-state index contributed by atoms with van der Waals surface area (Å²) in [6.07, 6.45) is 9.97. The molecule has 1 atom stereocenters. The lowest BCUT2D eigenvalue weighted by atomic mass is 10.0. The lowest BCUT2D eigenvalue weighted by Crippen LogP contribution is -2.38. The Morgan fingerprint density at radius 3 is 2.90 bits per heavy atom. The van der Waals surface area contributed by atoms with Gasteiger partial charge in [-0.3, -0.25) is 9.59 Å². The third kappa shape index (κ3) is 5.11. The Labute approximate surface area is 182 Å². The van der Waals surface area contributed by atoms with Crippen LogP contribution >= 0.6 is 0 Å². The van der Waals surface area contributed by atoms with E-state index in [0.29, 0.717) is 23.6 Å². The fraction of sp³-hybridized carbons (Fsp3) is 0.375. The molecule has 2 aliphatic heterocycles. The van der Waals surface area contributed by atoms with E-state index in [4.69, 9.17) is 9.47 Å². The summed E-state index contributed by atoms with van der Waals surface area (Å²) in [5, 5.41) is 2.95. The number of nitrogens with zero attached hydrogens (tertiary/aromatic N) is 2. The van der Waals surface area contributed by atoms with Crippen molar-refractivity contribution in [2.75, 3.05) is 33.3 Å². The van der Waals surface area contributed by atoms with Crippen molar-refractivity contribution in [2.24, 2.45) is 4.99 Å². The molecular weight excluding hydrogens is 394 g/mol. The van der Waals surface area contributed by atoms with Crippen molar-refractivity contribution in [3.63, 3.8) is 0 Å². The third-order valence-corrected chi connectivity index (χ3v) is 5.59. The summed E-state index contributed by atoms with van der Waals surface area (Å²) in [6, 6.07) is 7.36. The Bertz CT molecular complexity index is 971. The molecule has 1 aliphatic carbocycles. The van der Waals surface area contributed by atoms with Gasteiger partial charge in [0.25, 0.3) is 5.91 Å². The van der Waals surface area contributed by atoms with E-state index in [-0.39, 0.29) is 11.7 Å². The summed E-state index contributed by atoms with van der Waals surface area (Å²) in [5.41, 5.74) is 1.64. The number of hydrogen-bond acceptors (Lipinski definition) is 5. The van der Waals surface area contributed by atoms with Gasteiger partial charge in [0.15, 0.2) is 11.9 Å². The van der Waals surface area contributed by atoms with Crippen molar-refractivity contribution in [2.45, 2.75) is 25.4 Å². The second-order valence-corrected chi connectivity index (χ2v) is 7.75. The number of carbonyl (C=O) groups is 2. The van der Waals surface area contributed by atoms with Crippen LogP contribution in [0.2, 0.25) is 0 Å². The van der Waals surface area contributed by atoms with E-state index in [9.17, 15) is 9.59 Å². The number of para-hydroxylation sites is 1. The number of nitrogens with one attached hydrogen (secondary N) is 1. The molecule has 7 nitrogen and oxygen atoms in total. The number of amides is 2. The maximum absolute atomic E-state index is 12.5. The van der Waals surface area contributed by atoms with Crippen molar-refractivity contribution in [1.82, 2.24) is 10.2 Å². The Balaban J connectivity index is 1.40. The Morgan fingerprint density at radius 2 is 2.10 bits per heavy atom. The normalized spacial score (nSPS) is 22.3. The van der Waals surface area contributed by atoms with Gasteiger partial charge in [-0.15, -0.1) is 0 Å². The van der Waals surface area contributed by atoms with Crippen LogP contribution in [-0.4, -0.2) is 61.8 Å². The lowest BCUT2D eigenvalue weighted by Gasteiger charge is -2.26. The summed E-state index contributed by atoms with van der Waals surface area (Å²) >= 11 is 0. The van der Waals surface area contributed by atoms with Gasteiger partial charge in [-0.1, -0.05) is 24.6 Å². The van der Waals surface area contributed by atoms with Crippen LogP contribution in [-0.2, 0) is 14.3 Å². The van der Waals surface area contributed by atoms with Crippen LogP contribution < -0.4 is 10.1 Å². The van der Waals surface area contributed by atoms with E-state index < -0.39 is 12.0 Å². The number of carbonyl (C=O) groups excluding carboxylic acids is 2. The zero-order chi connectivity index (χ0) is 21.6. The predicted octanol–water partition coefficient (Wildman–Crippen LogP) is 2.50. The number of benzene rings is 1. The molecule has 1 N–H and O–H groups in total. The summed E-state index contributed by atoms with van der Waals surface area (Å²) in [6.45, 7) is 3.65. The van der Waals surface area contributed by atoms with Crippen LogP contribution in [0.25, 0.3) is 6.08 Å². The Morgan fingerprint density at radius 1 is 1.29 bits per heavy atom. The second-order valence-electron chi connectivity index (χ2n) is 7.75. The van der Waals surface area contributed by atoms with Crippen LogP contribution in [0.5, 0.6) is 5.75 Å². The minimum absolute atomic E-state index is 0.144. The lowest BCUT2D eigenvalue weighted by molar-refractivity contribution is -0.119. The smallest absolute Gasteiger partial charge is 0.312 e. The van der Waals surface area contributed by atoms with Gasteiger partial charge >= 0.3 is 5.91 Å². The van der Waals surface area contributed by atoms with Crippen molar-refractivity contribution in [3.8, 4) is 5.75 Å². The molecule has 1 saturated heterocycles. The molecule has 3 aliphatic rings. The second kappa shape index (κ2) is 9.75. The summed E-state index contributed by atoms with van der Waals surface area (Å²) in [5.74, 6) is 0.139. The molecular formula is C24H27N3O4. The average molecular weight is 421 g/mol. The molecule has 1 fully saturated rings. The van der Waals surface area contributed by atoms with Crippen LogP contribution in [0.4, 0.5) is 0 Å².